The Labute approximate surface area is 294 Å². The fourth-order valence-electron chi connectivity index (χ4n) is 8.81. The third kappa shape index (κ3) is 4.24. The van der Waals surface area contributed by atoms with Crippen molar-refractivity contribution >= 4 is 21.5 Å². The maximum absolute atomic E-state index is 2.44. The Morgan fingerprint density at radius 2 is 0.880 bits per heavy atom. The first-order chi connectivity index (χ1) is 24.3. The smallest absolute Gasteiger partial charge is 0.0159 e. The van der Waals surface area contributed by atoms with Gasteiger partial charge in [-0.3, -0.25) is 0 Å². The van der Waals surface area contributed by atoms with Crippen LogP contribution in [0.5, 0.6) is 0 Å². The van der Waals surface area contributed by atoms with Gasteiger partial charge in [0, 0.05) is 5.41 Å². The van der Waals surface area contributed by atoms with E-state index in [0.29, 0.717) is 5.92 Å². The van der Waals surface area contributed by atoms with Crippen LogP contribution in [0.2, 0.25) is 0 Å². The van der Waals surface area contributed by atoms with Crippen LogP contribution in [0.25, 0.3) is 88.3 Å². The number of rotatable bonds is 4. The molecule has 0 N–H and O–H groups in total. The zero-order valence-corrected chi connectivity index (χ0v) is 29.0. The molecule has 0 bridgehead atoms. The Bertz CT molecular complexity index is 2650. The van der Waals surface area contributed by atoms with E-state index in [0.717, 1.165) is 0 Å². The normalized spacial score (nSPS) is 13.5. The van der Waals surface area contributed by atoms with Crippen LogP contribution in [0.15, 0.2) is 152 Å². The molecule has 0 saturated carbocycles. The lowest BCUT2D eigenvalue weighted by Gasteiger charge is -2.23. The second kappa shape index (κ2) is 10.6. The van der Waals surface area contributed by atoms with Gasteiger partial charge in [-0.25, -0.2) is 0 Å². The summed E-state index contributed by atoms with van der Waals surface area (Å²) in [5.41, 5.74) is 19.8. The number of hydrogen-bond donors (Lipinski definition) is 0. The lowest BCUT2D eigenvalue weighted by atomic mass is 9.80. The fraction of sp³-hybridized carbons (Fsp3) is 0.120. The molecule has 50 heavy (non-hydrogen) atoms. The number of hydrogen-bond acceptors (Lipinski definition) is 0. The molecule has 0 spiro atoms. The Kier molecular flexibility index (Phi) is 6.22. The van der Waals surface area contributed by atoms with Gasteiger partial charge in [-0.05, 0) is 135 Å². The van der Waals surface area contributed by atoms with Crippen LogP contribution in [0.4, 0.5) is 0 Å². The third-order valence-corrected chi connectivity index (χ3v) is 11.6. The summed E-state index contributed by atoms with van der Waals surface area (Å²) in [7, 11) is 0. The largest absolute Gasteiger partial charge is 0.0616 e. The van der Waals surface area contributed by atoms with Crippen LogP contribution in [0.3, 0.4) is 0 Å². The summed E-state index contributed by atoms with van der Waals surface area (Å²) in [6.07, 6.45) is 0. The van der Waals surface area contributed by atoms with Crippen molar-refractivity contribution < 1.29 is 0 Å². The summed E-state index contributed by atoms with van der Waals surface area (Å²) >= 11 is 0. The summed E-state index contributed by atoms with van der Waals surface area (Å²) in [4.78, 5) is 0. The Morgan fingerprint density at radius 1 is 0.380 bits per heavy atom. The van der Waals surface area contributed by atoms with Crippen molar-refractivity contribution in [1.82, 2.24) is 0 Å². The van der Waals surface area contributed by atoms with E-state index in [1.165, 1.54) is 105 Å². The summed E-state index contributed by atoms with van der Waals surface area (Å²) in [5.74, 6) is 0.537. The maximum Gasteiger partial charge on any atom is 0.0159 e. The molecular formula is C50H38. The number of benzene rings is 8. The van der Waals surface area contributed by atoms with E-state index in [9.17, 15) is 0 Å². The topological polar surface area (TPSA) is 0 Å². The first kappa shape index (κ1) is 29.2. The van der Waals surface area contributed by atoms with E-state index in [2.05, 4.69) is 179 Å². The van der Waals surface area contributed by atoms with Gasteiger partial charge in [0.1, 0.15) is 0 Å². The molecule has 0 heteroatoms. The van der Waals surface area contributed by atoms with Crippen LogP contribution < -0.4 is 0 Å². The van der Waals surface area contributed by atoms with Gasteiger partial charge in [-0.15, -0.1) is 0 Å². The molecule has 0 fully saturated rings. The monoisotopic (exact) mass is 638 g/mol. The van der Waals surface area contributed by atoms with Crippen molar-refractivity contribution in [3.63, 3.8) is 0 Å². The highest BCUT2D eigenvalue weighted by Crippen LogP contribution is 2.52. The summed E-state index contributed by atoms with van der Waals surface area (Å²) in [5, 5.41) is 5.22. The molecule has 0 aliphatic heterocycles. The standard InChI is InChI=1S/C50H38/c1-30(2)31-12-14-32(15-13-31)35-20-22-42-43-23-21-36(29-48(43)50(3,4)47(42)28-35)34-18-16-33-17-19-37(27-38(33)26-34)39-24-25-46-41-9-6-5-8-40(41)45-11-7-10-44(39)49(45)46/h5-30H,1-4H3. The maximum atomic E-state index is 2.44. The molecule has 0 nitrogen and oxygen atoms in total. The Hall–Kier alpha value is -5.72. The van der Waals surface area contributed by atoms with Gasteiger partial charge in [-0.2, -0.15) is 0 Å². The molecule has 2 aliphatic rings. The van der Waals surface area contributed by atoms with Gasteiger partial charge in [0.25, 0.3) is 0 Å². The predicted molar refractivity (Wildman–Crippen MR) is 214 cm³/mol. The van der Waals surface area contributed by atoms with E-state index in [1.807, 2.05) is 0 Å². The van der Waals surface area contributed by atoms with Crippen LogP contribution >= 0.6 is 0 Å². The highest BCUT2D eigenvalue weighted by atomic mass is 14.4. The van der Waals surface area contributed by atoms with Crippen molar-refractivity contribution in [2.75, 3.05) is 0 Å². The molecule has 0 saturated heterocycles. The SMILES string of the molecule is CC(C)c1ccc(-c2ccc3c(c2)C(C)(C)c2cc(-c4ccc5ccc(-c6ccc7c8c(cccc68)-c6ccccc6-7)cc5c4)ccc2-3)cc1. The van der Waals surface area contributed by atoms with Crippen molar-refractivity contribution in [3.8, 4) is 66.8 Å². The van der Waals surface area contributed by atoms with E-state index in [4.69, 9.17) is 0 Å². The number of fused-ring (bicyclic) bond motifs is 7. The van der Waals surface area contributed by atoms with Crippen LogP contribution in [0.1, 0.15) is 50.3 Å². The minimum Gasteiger partial charge on any atom is -0.0616 e. The molecular weight excluding hydrogens is 601 g/mol. The Morgan fingerprint density at radius 3 is 1.56 bits per heavy atom. The van der Waals surface area contributed by atoms with Crippen molar-refractivity contribution in [1.29, 1.82) is 0 Å². The van der Waals surface area contributed by atoms with Gasteiger partial charge in [-0.1, -0.05) is 155 Å². The molecule has 0 atom stereocenters. The average Bonchev–Trinajstić information content (AvgIpc) is 3.60. The molecule has 0 aromatic heterocycles. The molecule has 238 valence electrons. The minimum absolute atomic E-state index is 0.0893. The van der Waals surface area contributed by atoms with Crippen molar-refractivity contribution in [3.05, 3.63) is 168 Å². The second-order valence-corrected chi connectivity index (χ2v) is 15.1. The zero-order chi connectivity index (χ0) is 33.7. The molecule has 8 aromatic carbocycles. The Balaban J connectivity index is 1.02. The highest BCUT2D eigenvalue weighted by molar-refractivity contribution is 6.18. The van der Waals surface area contributed by atoms with E-state index in [1.54, 1.807) is 0 Å². The lowest BCUT2D eigenvalue weighted by Crippen LogP contribution is -2.15. The van der Waals surface area contributed by atoms with Gasteiger partial charge in [0.15, 0.2) is 0 Å². The molecule has 0 heterocycles. The highest BCUT2D eigenvalue weighted by Gasteiger charge is 2.36. The summed E-state index contributed by atoms with van der Waals surface area (Å²) in [6.45, 7) is 9.28. The lowest BCUT2D eigenvalue weighted by molar-refractivity contribution is 0.661. The van der Waals surface area contributed by atoms with E-state index in [-0.39, 0.29) is 5.41 Å². The van der Waals surface area contributed by atoms with Crippen LogP contribution in [-0.4, -0.2) is 0 Å². The molecule has 2 aliphatic carbocycles. The van der Waals surface area contributed by atoms with Gasteiger partial charge >= 0.3 is 0 Å². The van der Waals surface area contributed by atoms with Gasteiger partial charge in [0.2, 0.25) is 0 Å². The average molecular weight is 639 g/mol. The third-order valence-electron chi connectivity index (χ3n) is 11.6. The quantitative estimate of drug-likeness (QED) is 0.180. The van der Waals surface area contributed by atoms with Crippen LogP contribution in [-0.2, 0) is 5.41 Å². The summed E-state index contributed by atoms with van der Waals surface area (Å²) in [6, 6.07) is 57.4. The fourth-order valence-corrected chi connectivity index (χ4v) is 8.81. The van der Waals surface area contributed by atoms with E-state index >= 15 is 0 Å². The minimum atomic E-state index is -0.0893. The van der Waals surface area contributed by atoms with Gasteiger partial charge in [0.05, 0.1) is 0 Å². The molecule has 0 amide bonds. The predicted octanol–water partition coefficient (Wildman–Crippen LogP) is 14.1. The second-order valence-electron chi connectivity index (χ2n) is 15.1. The van der Waals surface area contributed by atoms with Crippen LogP contribution in [0, 0.1) is 0 Å². The molecule has 0 unspecified atom stereocenters. The molecule has 10 rings (SSSR count). The van der Waals surface area contributed by atoms with Crippen molar-refractivity contribution in [2.45, 2.75) is 39.0 Å². The van der Waals surface area contributed by atoms with E-state index < -0.39 is 0 Å². The van der Waals surface area contributed by atoms with Crippen molar-refractivity contribution in [2.24, 2.45) is 0 Å². The zero-order valence-electron chi connectivity index (χ0n) is 29.0. The molecule has 8 aromatic rings. The summed E-state index contributed by atoms with van der Waals surface area (Å²) < 4.78 is 0. The first-order valence-corrected chi connectivity index (χ1v) is 17.9. The van der Waals surface area contributed by atoms with Gasteiger partial charge < -0.3 is 0 Å². The first-order valence-electron chi connectivity index (χ1n) is 17.9. The molecule has 0 radical (unpaired) electrons.